The zero-order chi connectivity index (χ0) is 12.3. The molecule has 2 heterocycles. The number of carbonyl (C=O) groups is 2. The second-order valence-corrected chi connectivity index (χ2v) is 5.08. The molecule has 0 aromatic rings. The van der Waals surface area contributed by atoms with Crippen LogP contribution in [0.25, 0.3) is 0 Å². The van der Waals surface area contributed by atoms with E-state index in [1.807, 2.05) is 0 Å². The van der Waals surface area contributed by atoms with Crippen LogP contribution in [0.4, 0.5) is 0 Å². The third-order valence-corrected chi connectivity index (χ3v) is 3.83. The summed E-state index contributed by atoms with van der Waals surface area (Å²) in [5.74, 6) is -0.0987. The minimum absolute atomic E-state index is 0.0159. The van der Waals surface area contributed by atoms with Crippen molar-refractivity contribution in [1.82, 2.24) is 10.2 Å². The van der Waals surface area contributed by atoms with Gasteiger partial charge < -0.3 is 5.32 Å². The molecule has 92 valence electrons. The zero-order valence-electron chi connectivity index (χ0n) is 9.52. The third kappa shape index (κ3) is 2.69. The summed E-state index contributed by atoms with van der Waals surface area (Å²) in [4.78, 5) is 29.5. The van der Waals surface area contributed by atoms with Crippen molar-refractivity contribution in [2.45, 2.75) is 18.1 Å². The maximum absolute atomic E-state index is 12.0. The van der Waals surface area contributed by atoms with E-state index in [1.165, 1.54) is 11.8 Å². The molecule has 2 amide bonds. The normalized spacial score (nSPS) is 23.1. The van der Waals surface area contributed by atoms with Gasteiger partial charge in [0.05, 0.1) is 0 Å². The smallest absolute Gasteiger partial charge is 0.242 e. The molecule has 1 saturated heterocycles. The van der Waals surface area contributed by atoms with Crippen molar-refractivity contribution >= 4 is 28.7 Å². The van der Waals surface area contributed by atoms with Gasteiger partial charge in [-0.1, -0.05) is 17.8 Å². The summed E-state index contributed by atoms with van der Waals surface area (Å²) in [6, 6.07) is 0. The molecular weight excluding hydrogens is 238 g/mol. The number of nitrogens with zero attached hydrogens (tertiary/aromatic N) is 2. The lowest BCUT2D eigenvalue weighted by molar-refractivity contribution is -0.129. The maximum atomic E-state index is 12.0. The quantitative estimate of drug-likeness (QED) is 0.737. The molecule has 1 fully saturated rings. The molecule has 1 atom stereocenters. The van der Waals surface area contributed by atoms with E-state index in [-0.39, 0.29) is 23.5 Å². The van der Waals surface area contributed by atoms with Gasteiger partial charge in [-0.05, 0) is 6.42 Å². The van der Waals surface area contributed by atoms with Crippen LogP contribution in [-0.4, -0.2) is 46.8 Å². The molecule has 0 radical (unpaired) electrons. The molecule has 1 N–H and O–H groups in total. The Hall–Kier alpha value is -1.30. The highest BCUT2D eigenvalue weighted by Crippen LogP contribution is 2.31. The number of amidine groups is 1. The number of fused-ring (bicyclic) bond motifs is 1. The molecule has 0 aromatic carbocycles. The largest absolute Gasteiger partial charge is 0.353 e. The van der Waals surface area contributed by atoms with Crippen LogP contribution in [0.5, 0.6) is 0 Å². The van der Waals surface area contributed by atoms with E-state index in [1.54, 1.807) is 11.0 Å². The van der Waals surface area contributed by atoms with Crippen molar-refractivity contribution in [3.63, 3.8) is 0 Å². The van der Waals surface area contributed by atoms with Crippen molar-refractivity contribution < 1.29 is 9.59 Å². The Bertz CT molecular complexity index is 381. The van der Waals surface area contributed by atoms with E-state index < -0.39 is 0 Å². The summed E-state index contributed by atoms with van der Waals surface area (Å²) in [7, 11) is 0. The predicted molar refractivity (Wildman–Crippen MR) is 67.8 cm³/mol. The fourth-order valence-corrected chi connectivity index (χ4v) is 2.99. The number of thioether (sulfide) groups is 1. The predicted octanol–water partition coefficient (Wildman–Crippen LogP) is 0.382. The number of aliphatic imine (C=N–C) groups is 1. The average Bonchev–Trinajstić information content (AvgIpc) is 2.64. The molecule has 0 spiro atoms. The first-order chi connectivity index (χ1) is 8.22. The summed E-state index contributed by atoms with van der Waals surface area (Å²) >= 11 is 1.40. The molecule has 2 aliphatic heterocycles. The summed E-state index contributed by atoms with van der Waals surface area (Å²) in [6.07, 6.45) is 2.74. The Labute approximate surface area is 104 Å². The van der Waals surface area contributed by atoms with Gasteiger partial charge >= 0.3 is 0 Å². The van der Waals surface area contributed by atoms with Gasteiger partial charge in [0.25, 0.3) is 0 Å². The van der Waals surface area contributed by atoms with Crippen LogP contribution in [-0.2, 0) is 9.59 Å². The summed E-state index contributed by atoms with van der Waals surface area (Å²) < 4.78 is 0. The third-order valence-electron chi connectivity index (χ3n) is 2.62. The van der Waals surface area contributed by atoms with E-state index in [4.69, 9.17) is 0 Å². The van der Waals surface area contributed by atoms with Crippen LogP contribution < -0.4 is 5.32 Å². The van der Waals surface area contributed by atoms with Crippen LogP contribution in [0.2, 0.25) is 0 Å². The Balaban J connectivity index is 1.93. The van der Waals surface area contributed by atoms with Crippen LogP contribution in [0.1, 0.15) is 12.8 Å². The first kappa shape index (κ1) is 12.2. The van der Waals surface area contributed by atoms with Gasteiger partial charge in [0.1, 0.15) is 5.25 Å². The Morgan fingerprint density at radius 1 is 1.71 bits per heavy atom. The molecule has 5 nitrogen and oxygen atoms in total. The summed E-state index contributed by atoms with van der Waals surface area (Å²) in [5, 5.41) is 3.15. The number of carbonyl (C=O) groups excluding carboxylic acids is 2. The van der Waals surface area contributed by atoms with Crippen molar-refractivity contribution in [2.24, 2.45) is 4.99 Å². The SMILES string of the molecule is C=CCNC(=O)CC1SC2=NCCCN2C1=O. The van der Waals surface area contributed by atoms with Gasteiger partial charge in [0.2, 0.25) is 11.8 Å². The second kappa shape index (κ2) is 5.35. The Kier molecular flexibility index (Phi) is 3.83. The van der Waals surface area contributed by atoms with Gasteiger partial charge in [-0.15, -0.1) is 6.58 Å². The van der Waals surface area contributed by atoms with Gasteiger partial charge in [-0.3, -0.25) is 19.5 Å². The highest BCUT2D eigenvalue weighted by molar-refractivity contribution is 8.15. The van der Waals surface area contributed by atoms with Gasteiger partial charge in [-0.25, -0.2) is 0 Å². The first-order valence-corrected chi connectivity index (χ1v) is 6.50. The van der Waals surface area contributed by atoms with Crippen LogP contribution >= 0.6 is 11.8 Å². The van der Waals surface area contributed by atoms with E-state index in [0.29, 0.717) is 6.54 Å². The monoisotopic (exact) mass is 253 g/mol. The van der Waals surface area contributed by atoms with Crippen LogP contribution in [0.3, 0.4) is 0 Å². The lowest BCUT2D eigenvalue weighted by atomic mass is 10.2. The van der Waals surface area contributed by atoms with E-state index in [2.05, 4.69) is 16.9 Å². The molecule has 17 heavy (non-hydrogen) atoms. The standard InChI is InChI=1S/C11H15N3O2S/c1-2-4-12-9(15)7-8-10(16)14-6-3-5-13-11(14)17-8/h2,8H,1,3-7H2,(H,12,15). The minimum atomic E-state index is -0.309. The Morgan fingerprint density at radius 2 is 2.53 bits per heavy atom. The molecule has 6 heteroatoms. The lowest BCUT2D eigenvalue weighted by Crippen LogP contribution is -2.37. The van der Waals surface area contributed by atoms with Gasteiger partial charge in [0, 0.05) is 26.1 Å². The molecule has 0 bridgehead atoms. The second-order valence-electron chi connectivity index (χ2n) is 3.91. The molecule has 2 rings (SSSR count). The van der Waals surface area contributed by atoms with E-state index >= 15 is 0 Å². The van der Waals surface area contributed by atoms with Crippen molar-refractivity contribution in [3.05, 3.63) is 12.7 Å². The zero-order valence-corrected chi connectivity index (χ0v) is 10.3. The van der Waals surface area contributed by atoms with Crippen molar-refractivity contribution in [1.29, 1.82) is 0 Å². The molecule has 2 aliphatic rings. The summed E-state index contributed by atoms with van der Waals surface area (Å²) in [6.45, 7) is 5.47. The number of hydrogen-bond acceptors (Lipinski definition) is 4. The Morgan fingerprint density at radius 3 is 3.24 bits per heavy atom. The van der Waals surface area contributed by atoms with Crippen LogP contribution in [0, 0.1) is 0 Å². The van der Waals surface area contributed by atoms with Crippen molar-refractivity contribution in [3.8, 4) is 0 Å². The molecule has 1 unspecified atom stereocenters. The topological polar surface area (TPSA) is 61.8 Å². The summed E-state index contributed by atoms with van der Waals surface area (Å²) in [5.41, 5.74) is 0. The fourth-order valence-electron chi connectivity index (χ4n) is 1.80. The first-order valence-electron chi connectivity index (χ1n) is 5.62. The average molecular weight is 253 g/mol. The lowest BCUT2D eigenvalue weighted by Gasteiger charge is -2.19. The number of hydrogen-bond donors (Lipinski definition) is 1. The maximum Gasteiger partial charge on any atom is 0.242 e. The highest BCUT2D eigenvalue weighted by Gasteiger charge is 2.39. The molecule has 0 aliphatic carbocycles. The number of amides is 2. The number of rotatable bonds is 4. The number of nitrogens with one attached hydrogen (secondary N) is 1. The fraction of sp³-hybridized carbons (Fsp3) is 0.545. The van der Waals surface area contributed by atoms with E-state index in [0.717, 1.165) is 24.7 Å². The molecule has 0 aromatic heterocycles. The molecule has 0 saturated carbocycles. The van der Waals surface area contributed by atoms with Crippen molar-refractivity contribution in [2.75, 3.05) is 19.6 Å². The highest BCUT2D eigenvalue weighted by atomic mass is 32.2. The van der Waals surface area contributed by atoms with E-state index in [9.17, 15) is 9.59 Å². The minimum Gasteiger partial charge on any atom is -0.353 e. The van der Waals surface area contributed by atoms with Gasteiger partial charge in [-0.2, -0.15) is 0 Å². The van der Waals surface area contributed by atoms with Gasteiger partial charge in [0.15, 0.2) is 5.17 Å². The van der Waals surface area contributed by atoms with Crippen LogP contribution in [0.15, 0.2) is 17.6 Å². The molecular formula is C11H15N3O2S.